The highest BCUT2D eigenvalue weighted by atomic mass is 32.2. The van der Waals surface area contributed by atoms with Gasteiger partial charge in [0, 0.05) is 6.20 Å². The largest absolute Gasteiger partial charge is 0.479 e. The van der Waals surface area contributed by atoms with Gasteiger partial charge in [-0.1, -0.05) is 0 Å². The summed E-state index contributed by atoms with van der Waals surface area (Å²) in [5, 5.41) is 8.62. The molecule has 0 bridgehead atoms. The van der Waals surface area contributed by atoms with Crippen molar-refractivity contribution < 1.29 is 13.2 Å². The van der Waals surface area contributed by atoms with E-state index in [0.29, 0.717) is 5.65 Å². The average Bonchev–Trinajstić information content (AvgIpc) is 2.54. The summed E-state index contributed by atoms with van der Waals surface area (Å²) < 4.78 is 28.5. The molecule has 80 valence electrons. The Morgan fingerprint density at radius 2 is 2.27 bits per heavy atom. The van der Waals surface area contributed by atoms with Gasteiger partial charge in [0.2, 0.25) is 5.03 Å². The summed E-state index contributed by atoms with van der Waals surface area (Å²) in [7, 11) is -2.60. The maximum absolute atomic E-state index is 11.3. The lowest BCUT2D eigenvalue weighted by Gasteiger charge is -1.98. The molecular weight excluding hydrogens is 220 g/mol. The van der Waals surface area contributed by atoms with Crippen molar-refractivity contribution in [3.8, 4) is 5.88 Å². The molecule has 2 heterocycles. The molecule has 2 N–H and O–H groups in total. The quantitative estimate of drug-likeness (QED) is 0.738. The Morgan fingerprint density at radius 3 is 2.87 bits per heavy atom. The molecule has 0 spiro atoms. The fourth-order valence-electron chi connectivity index (χ4n) is 1.22. The maximum Gasteiger partial charge on any atom is 0.261 e. The van der Waals surface area contributed by atoms with E-state index in [1.54, 1.807) is 12.1 Å². The third kappa shape index (κ3) is 1.53. The second-order valence-electron chi connectivity index (χ2n) is 2.76. The third-order valence-corrected chi connectivity index (χ3v) is 2.67. The van der Waals surface area contributed by atoms with E-state index in [1.807, 2.05) is 0 Å². The van der Waals surface area contributed by atoms with Gasteiger partial charge < -0.3 is 4.74 Å². The molecule has 2 rings (SSSR count). The van der Waals surface area contributed by atoms with Crippen molar-refractivity contribution in [2.75, 3.05) is 7.11 Å². The summed E-state index contributed by atoms with van der Waals surface area (Å²) in [6.45, 7) is 0. The summed E-state index contributed by atoms with van der Waals surface area (Å²) in [4.78, 5) is 3.92. The first-order valence-corrected chi connectivity index (χ1v) is 5.49. The number of fused-ring (bicyclic) bond motifs is 1. The molecule has 0 aromatic carbocycles. The molecule has 0 radical (unpaired) electrons. The number of hydrogen-bond acceptors (Lipinski definition) is 5. The molecule has 0 fully saturated rings. The van der Waals surface area contributed by atoms with Crippen LogP contribution in [0.4, 0.5) is 0 Å². The van der Waals surface area contributed by atoms with Crippen molar-refractivity contribution >= 4 is 15.7 Å². The van der Waals surface area contributed by atoms with E-state index in [2.05, 4.69) is 10.1 Å². The van der Waals surface area contributed by atoms with Crippen molar-refractivity contribution in [2.45, 2.75) is 5.03 Å². The highest BCUT2D eigenvalue weighted by molar-refractivity contribution is 7.89. The molecule has 8 heteroatoms. The number of primary sulfonamides is 1. The van der Waals surface area contributed by atoms with Crippen LogP contribution in [0.3, 0.4) is 0 Å². The lowest BCUT2D eigenvalue weighted by atomic mass is 10.6. The van der Waals surface area contributed by atoms with Crippen molar-refractivity contribution in [2.24, 2.45) is 5.14 Å². The van der Waals surface area contributed by atoms with Crippen LogP contribution in [0.1, 0.15) is 0 Å². The van der Waals surface area contributed by atoms with E-state index in [0.717, 1.165) is 4.52 Å². The zero-order chi connectivity index (χ0) is 11.1. The van der Waals surface area contributed by atoms with Gasteiger partial charge in [-0.2, -0.15) is 14.6 Å². The van der Waals surface area contributed by atoms with Crippen LogP contribution >= 0.6 is 0 Å². The Bertz CT molecular complexity index is 604. The smallest absolute Gasteiger partial charge is 0.261 e. The predicted octanol–water partition coefficient (Wildman–Crippen LogP) is -0.615. The molecule has 0 atom stereocenters. The van der Waals surface area contributed by atoms with Gasteiger partial charge in [0.25, 0.3) is 15.9 Å². The van der Waals surface area contributed by atoms with Gasteiger partial charge in [-0.3, -0.25) is 0 Å². The summed E-state index contributed by atoms with van der Waals surface area (Å²) in [6, 6.07) is 3.24. The Kier molecular flexibility index (Phi) is 2.09. The number of hydrogen-bond donors (Lipinski definition) is 1. The van der Waals surface area contributed by atoms with Crippen LogP contribution in [0.2, 0.25) is 0 Å². The van der Waals surface area contributed by atoms with Crippen molar-refractivity contribution in [3.05, 3.63) is 18.3 Å². The van der Waals surface area contributed by atoms with Crippen molar-refractivity contribution in [1.82, 2.24) is 14.6 Å². The molecule has 0 saturated carbocycles. The number of ether oxygens (including phenoxy) is 1. The van der Waals surface area contributed by atoms with Crippen LogP contribution < -0.4 is 9.88 Å². The molecule has 0 unspecified atom stereocenters. The number of nitrogens with zero attached hydrogens (tertiary/aromatic N) is 3. The van der Waals surface area contributed by atoms with Crippen molar-refractivity contribution in [1.29, 1.82) is 0 Å². The molecule has 15 heavy (non-hydrogen) atoms. The van der Waals surface area contributed by atoms with E-state index < -0.39 is 10.0 Å². The molecule has 2 aromatic rings. The van der Waals surface area contributed by atoms with Crippen LogP contribution in [-0.4, -0.2) is 30.1 Å². The number of imidazole rings is 1. The number of nitrogens with two attached hydrogens (primary N) is 1. The van der Waals surface area contributed by atoms with E-state index in [9.17, 15) is 8.42 Å². The van der Waals surface area contributed by atoms with Gasteiger partial charge in [-0.15, -0.1) is 0 Å². The maximum atomic E-state index is 11.3. The van der Waals surface area contributed by atoms with Gasteiger partial charge >= 0.3 is 0 Å². The van der Waals surface area contributed by atoms with Crippen LogP contribution in [0.5, 0.6) is 5.88 Å². The average molecular weight is 228 g/mol. The highest BCUT2D eigenvalue weighted by Gasteiger charge is 2.23. The summed E-state index contributed by atoms with van der Waals surface area (Å²) in [5.74, 6) is -0.0591. The minimum atomic E-state index is -3.92. The Morgan fingerprint density at radius 1 is 1.53 bits per heavy atom. The molecule has 0 saturated heterocycles. The van der Waals surface area contributed by atoms with Crippen LogP contribution in [0.25, 0.3) is 5.65 Å². The summed E-state index contributed by atoms with van der Waals surface area (Å²) in [6.07, 6.45) is 1.43. The summed E-state index contributed by atoms with van der Waals surface area (Å²) >= 11 is 0. The lowest BCUT2D eigenvalue weighted by Crippen LogP contribution is -2.16. The van der Waals surface area contributed by atoms with Gasteiger partial charge in [0.1, 0.15) is 0 Å². The highest BCUT2D eigenvalue weighted by Crippen LogP contribution is 2.21. The number of methoxy groups -OCH3 is 1. The zero-order valence-corrected chi connectivity index (χ0v) is 8.60. The normalized spacial score (nSPS) is 11.9. The number of sulfonamides is 1. The van der Waals surface area contributed by atoms with Crippen LogP contribution in [0, 0.1) is 0 Å². The zero-order valence-electron chi connectivity index (χ0n) is 7.78. The first kappa shape index (κ1) is 9.87. The minimum absolute atomic E-state index is 0.0591. The molecule has 0 aliphatic rings. The monoisotopic (exact) mass is 228 g/mol. The minimum Gasteiger partial charge on any atom is -0.479 e. The number of rotatable bonds is 2. The van der Waals surface area contributed by atoms with Crippen LogP contribution in [0.15, 0.2) is 23.4 Å². The van der Waals surface area contributed by atoms with Crippen LogP contribution in [-0.2, 0) is 10.0 Å². The third-order valence-electron chi connectivity index (χ3n) is 1.78. The fraction of sp³-hybridized carbons (Fsp3) is 0.143. The Hall–Kier alpha value is -1.67. The van der Waals surface area contributed by atoms with Gasteiger partial charge in [0.05, 0.1) is 7.11 Å². The van der Waals surface area contributed by atoms with E-state index in [1.165, 1.54) is 13.3 Å². The topological polar surface area (TPSA) is 99.6 Å². The lowest BCUT2D eigenvalue weighted by molar-refractivity contribution is 0.386. The molecule has 2 aromatic heterocycles. The first-order valence-electron chi connectivity index (χ1n) is 3.94. The fourth-order valence-corrected chi connectivity index (χ4v) is 1.98. The predicted molar refractivity (Wildman–Crippen MR) is 50.9 cm³/mol. The SMILES string of the molecule is COc1nc2cccnn2c1S(N)(=O)=O. The number of aromatic nitrogens is 3. The Labute approximate surface area is 85.5 Å². The van der Waals surface area contributed by atoms with E-state index >= 15 is 0 Å². The van der Waals surface area contributed by atoms with E-state index in [4.69, 9.17) is 9.88 Å². The molecule has 0 aliphatic heterocycles. The van der Waals surface area contributed by atoms with Gasteiger partial charge in [0.15, 0.2) is 5.65 Å². The van der Waals surface area contributed by atoms with E-state index in [-0.39, 0.29) is 10.9 Å². The standard InChI is InChI=1S/C7H8N4O3S/c1-14-6-7(15(8,12)13)11-5(10-6)3-2-4-9-11/h2-4H,1H3,(H2,8,12,13). The Balaban J connectivity index is 2.91. The van der Waals surface area contributed by atoms with Gasteiger partial charge in [-0.25, -0.2) is 13.6 Å². The first-order chi connectivity index (χ1) is 7.04. The molecule has 0 amide bonds. The molecule has 0 aliphatic carbocycles. The molecular formula is C7H8N4O3S. The second kappa shape index (κ2) is 3.17. The van der Waals surface area contributed by atoms with Gasteiger partial charge in [-0.05, 0) is 12.1 Å². The molecule has 7 nitrogen and oxygen atoms in total. The van der Waals surface area contributed by atoms with Crippen molar-refractivity contribution in [3.63, 3.8) is 0 Å². The second-order valence-corrected chi connectivity index (χ2v) is 4.24. The summed E-state index contributed by atoms with van der Waals surface area (Å²) in [5.41, 5.74) is 0.360.